The Morgan fingerprint density at radius 2 is 2.46 bits per heavy atom. The highest BCUT2D eigenvalue weighted by Crippen LogP contribution is 2.22. The second-order valence-corrected chi connectivity index (χ2v) is 5.29. The van der Waals surface area contributed by atoms with E-state index in [2.05, 4.69) is 31.5 Å². The number of tetrazole rings is 1. The number of aromatic amines is 1. The molecule has 1 N–H and O–H groups in total. The van der Waals surface area contributed by atoms with Gasteiger partial charge in [-0.3, -0.25) is 0 Å². The van der Waals surface area contributed by atoms with Crippen LogP contribution in [0, 0.1) is 4.77 Å². The van der Waals surface area contributed by atoms with Gasteiger partial charge in [0.1, 0.15) is 0 Å². The third kappa shape index (κ3) is 2.04. The lowest BCUT2D eigenvalue weighted by Gasteiger charge is -1.95. The normalized spacial score (nSPS) is 10.5. The number of hydrogen-bond donors (Lipinski definition) is 1. The molecule has 0 atom stereocenters. The standard InChI is InChI=1S/C6H5BrN4S2/c7-5-2-1-4(13-5)3-11-6(12)8-9-10-11/h1-2H,3H2,(H,8,10,12). The molecular formula is C6H5BrN4S2. The van der Waals surface area contributed by atoms with Gasteiger partial charge < -0.3 is 0 Å². The Bertz CT molecular complexity index is 457. The summed E-state index contributed by atoms with van der Waals surface area (Å²) in [6.07, 6.45) is 0. The van der Waals surface area contributed by atoms with Gasteiger partial charge in [-0.15, -0.1) is 11.3 Å². The molecule has 2 aromatic rings. The molecule has 2 aromatic heterocycles. The fraction of sp³-hybridized carbons (Fsp3) is 0.167. The van der Waals surface area contributed by atoms with Gasteiger partial charge in [-0.25, -0.2) is 4.68 Å². The van der Waals surface area contributed by atoms with Gasteiger partial charge in [-0.05, 0) is 40.3 Å². The van der Waals surface area contributed by atoms with Crippen molar-refractivity contribution in [3.63, 3.8) is 0 Å². The molecule has 13 heavy (non-hydrogen) atoms. The predicted molar refractivity (Wildman–Crippen MR) is 56.3 cm³/mol. The first-order valence-electron chi connectivity index (χ1n) is 3.48. The van der Waals surface area contributed by atoms with Gasteiger partial charge in [-0.1, -0.05) is 10.3 Å². The number of halogens is 1. The molecular weight excluding hydrogens is 272 g/mol. The summed E-state index contributed by atoms with van der Waals surface area (Å²) >= 11 is 10.0. The minimum absolute atomic E-state index is 0.476. The molecule has 0 saturated carbocycles. The van der Waals surface area contributed by atoms with Crippen molar-refractivity contribution in [1.29, 1.82) is 0 Å². The predicted octanol–water partition coefficient (Wildman–Crippen LogP) is 2.21. The Hall–Kier alpha value is -0.530. The van der Waals surface area contributed by atoms with Crippen molar-refractivity contribution in [2.45, 2.75) is 6.54 Å². The quantitative estimate of drug-likeness (QED) is 0.856. The summed E-state index contributed by atoms with van der Waals surface area (Å²) in [4.78, 5) is 1.20. The molecule has 0 aliphatic heterocycles. The van der Waals surface area contributed by atoms with Crippen molar-refractivity contribution >= 4 is 39.5 Å². The van der Waals surface area contributed by atoms with Crippen molar-refractivity contribution in [1.82, 2.24) is 20.2 Å². The van der Waals surface area contributed by atoms with Gasteiger partial charge in [0.15, 0.2) is 0 Å². The summed E-state index contributed by atoms with van der Waals surface area (Å²) in [7, 11) is 0. The van der Waals surface area contributed by atoms with Crippen LogP contribution in [0.3, 0.4) is 0 Å². The highest BCUT2D eigenvalue weighted by Gasteiger charge is 2.00. The zero-order valence-corrected chi connectivity index (χ0v) is 9.62. The molecule has 0 bridgehead atoms. The molecule has 0 fully saturated rings. The summed E-state index contributed by atoms with van der Waals surface area (Å²) in [5.74, 6) is 0. The minimum atomic E-state index is 0.476. The maximum Gasteiger partial charge on any atom is 0.238 e. The van der Waals surface area contributed by atoms with E-state index in [1.54, 1.807) is 16.0 Å². The monoisotopic (exact) mass is 276 g/mol. The van der Waals surface area contributed by atoms with Crippen LogP contribution in [0.2, 0.25) is 0 Å². The van der Waals surface area contributed by atoms with Crippen molar-refractivity contribution in [2.75, 3.05) is 0 Å². The van der Waals surface area contributed by atoms with Gasteiger partial charge in [0.25, 0.3) is 0 Å². The first kappa shape index (κ1) is 9.04. The van der Waals surface area contributed by atoms with E-state index in [0.29, 0.717) is 11.3 Å². The van der Waals surface area contributed by atoms with E-state index in [1.165, 1.54) is 4.88 Å². The van der Waals surface area contributed by atoms with Crippen molar-refractivity contribution in [2.24, 2.45) is 0 Å². The highest BCUT2D eigenvalue weighted by molar-refractivity contribution is 9.11. The zero-order valence-electron chi connectivity index (χ0n) is 6.40. The number of H-pyrrole nitrogens is 1. The SMILES string of the molecule is S=c1nn[nH]n1Cc1ccc(Br)s1. The highest BCUT2D eigenvalue weighted by atomic mass is 79.9. The van der Waals surface area contributed by atoms with E-state index >= 15 is 0 Å². The number of rotatable bonds is 2. The maximum absolute atomic E-state index is 4.94. The largest absolute Gasteiger partial charge is 0.238 e. The van der Waals surface area contributed by atoms with Gasteiger partial charge in [0.2, 0.25) is 4.77 Å². The van der Waals surface area contributed by atoms with E-state index in [1.807, 2.05) is 12.1 Å². The molecule has 0 aliphatic carbocycles. The van der Waals surface area contributed by atoms with Crippen molar-refractivity contribution in [3.8, 4) is 0 Å². The Balaban J connectivity index is 2.24. The number of aromatic nitrogens is 4. The lowest BCUT2D eigenvalue weighted by atomic mass is 10.5. The first-order chi connectivity index (χ1) is 6.25. The summed E-state index contributed by atoms with van der Waals surface area (Å²) in [5.41, 5.74) is 0. The molecule has 0 aliphatic rings. The van der Waals surface area contributed by atoms with Gasteiger partial charge in [0.05, 0.1) is 10.3 Å². The average molecular weight is 277 g/mol. The third-order valence-corrected chi connectivity index (χ3v) is 3.39. The molecule has 0 amide bonds. The molecule has 4 nitrogen and oxygen atoms in total. The van der Waals surface area contributed by atoms with Crippen LogP contribution in [0.1, 0.15) is 4.88 Å². The van der Waals surface area contributed by atoms with Crippen LogP contribution in [-0.2, 0) is 6.54 Å². The van der Waals surface area contributed by atoms with Crippen molar-refractivity contribution < 1.29 is 0 Å². The maximum atomic E-state index is 4.94. The van der Waals surface area contributed by atoms with Crippen LogP contribution in [0.25, 0.3) is 0 Å². The Labute approximate surface area is 91.7 Å². The number of thiophene rings is 1. The van der Waals surface area contributed by atoms with E-state index in [9.17, 15) is 0 Å². The summed E-state index contributed by atoms with van der Waals surface area (Å²) < 4.78 is 3.30. The molecule has 0 unspecified atom stereocenters. The topological polar surface area (TPSA) is 46.5 Å². The lowest BCUT2D eigenvalue weighted by molar-refractivity contribution is 0.648. The first-order valence-corrected chi connectivity index (χ1v) is 5.49. The summed E-state index contributed by atoms with van der Waals surface area (Å²) in [5, 5.41) is 9.99. The fourth-order valence-corrected chi connectivity index (χ4v) is 2.53. The summed E-state index contributed by atoms with van der Waals surface area (Å²) in [6, 6.07) is 4.05. The number of hydrogen-bond acceptors (Lipinski definition) is 4. The second-order valence-electron chi connectivity index (χ2n) is 2.37. The Morgan fingerprint density at radius 3 is 3.00 bits per heavy atom. The molecule has 2 heterocycles. The van der Waals surface area contributed by atoms with E-state index < -0.39 is 0 Å². The fourth-order valence-electron chi connectivity index (χ4n) is 0.911. The zero-order chi connectivity index (χ0) is 9.26. The van der Waals surface area contributed by atoms with Gasteiger partial charge >= 0.3 is 0 Å². The van der Waals surface area contributed by atoms with Crippen LogP contribution in [-0.4, -0.2) is 20.2 Å². The minimum Gasteiger partial charge on any atom is -0.237 e. The van der Waals surface area contributed by atoms with Crippen LogP contribution < -0.4 is 0 Å². The van der Waals surface area contributed by atoms with E-state index in [-0.39, 0.29) is 0 Å². The Morgan fingerprint density at radius 1 is 1.62 bits per heavy atom. The molecule has 0 saturated heterocycles. The smallest absolute Gasteiger partial charge is 0.237 e. The Kier molecular flexibility index (Phi) is 2.56. The lowest BCUT2D eigenvalue weighted by Crippen LogP contribution is -1.99. The van der Waals surface area contributed by atoms with Gasteiger partial charge in [-0.2, -0.15) is 5.21 Å². The van der Waals surface area contributed by atoms with Crippen LogP contribution >= 0.6 is 39.5 Å². The van der Waals surface area contributed by atoms with Crippen LogP contribution in [0.15, 0.2) is 15.9 Å². The van der Waals surface area contributed by atoms with Crippen LogP contribution in [0.5, 0.6) is 0 Å². The van der Waals surface area contributed by atoms with Crippen LogP contribution in [0.4, 0.5) is 0 Å². The van der Waals surface area contributed by atoms with Crippen molar-refractivity contribution in [3.05, 3.63) is 25.6 Å². The molecule has 0 spiro atoms. The number of nitrogens with zero attached hydrogens (tertiary/aromatic N) is 3. The second kappa shape index (κ2) is 3.69. The van der Waals surface area contributed by atoms with E-state index in [0.717, 1.165) is 3.79 Å². The van der Waals surface area contributed by atoms with Gasteiger partial charge in [0, 0.05) is 4.88 Å². The summed E-state index contributed by atoms with van der Waals surface area (Å²) in [6.45, 7) is 0.697. The molecule has 68 valence electrons. The molecule has 0 aromatic carbocycles. The third-order valence-electron chi connectivity index (χ3n) is 1.47. The number of nitrogens with one attached hydrogen (secondary N) is 1. The van der Waals surface area contributed by atoms with E-state index in [4.69, 9.17) is 12.2 Å². The molecule has 0 radical (unpaired) electrons. The average Bonchev–Trinajstić information content (AvgIpc) is 2.64. The molecule has 7 heteroatoms. The molecule has 2 rings (SSSR count).